The van der Waals surface area contributed by atoms with Crippen LogP contribution in [-0.2, 0) is 0 Å². The van der Waals surface area contributed by atoms with Gasteiger partial charge in [0.2, 0.25) is 0 Å². The molecule has 0 bridgehead atoms. The van der Waals surface area contributed by atoms with Crippen LogP contribution in [0.3, 0.4) is 0 Å². The Hall–Kier alpha value is -1.83. The van der Waals surface area contributed by atoms with Gasteiger partial charge in [0.15, 0.2) is 5.96 Å². The molecule has 0 amide bonds. The van der Waals surface area contributed by atoms with Crippen molar-refractivity contribution in [3.05, 3.63) is 29.8 Å². The van der Waals surface area contributed by atoms with Gasteiger partial charge in [-0.3, -0.25) is 4.99 Å². The van der Waals surface area contributed by atoms with Crippen LogP contribution >= 0.6 is 0 Å². The summed E-state index contributed by atoms with van der Waals surface area (Å²) in [6.07, 6.45) is -0.525. The molecule has 0 saturated carbocycles. The van der Waals surface area contributed by atoms with E-state index >= 15 is 0 Å². The highest BCUT2D eigenvalue weighted by Gasteiger charge is 2.16. The van der Waals surface area contributed by atoms with Gasteiger partial charge in [-0.05, 0) is 51.4 Å². The summed E-state index contributed by atoms with van der Waals surface area (Å²) >= 11 is 0. The van der Waals surface area contributed by atoms with Crippen molar-refractivity contribution < 1.29 is 9.84 Å². The number of ether oxygens (including phenoxy) is 1. The lowest BCUT2D eigenvalue weighted by Gasteiger charge is -2.33. The molecule has 1 fully saturated rings. The van der Waals surface area contributed by atoms with Gasteiger partial charge in [-0.2, -0.15) is 0 Å². The first kappa shape index (κ1) is 24.4. The number of benzene rings is 1. The summed E-state index contributed by atoms with van der Waals surface area (Å²) < 4.78 is 5.73. The second-order valence-electron chi connectivity index (χ2n) is 8.56. The molecule has 2 unspecified atom stereocenters. The Morgan fingerprint density at radius 3 is 2.57 bits per heavy atom. The average Bonchev–Trinajstić information content (AvgIpc) is 2.71. The largest absolute Gasteiger partial charge is 0.491 e. The fourth-order valence-corrected chi connectivity index (χ4v) is 3.50. The van der Waals surface area contributed by atoms with Gasteiger partial charge >= 0.3 is 0 Å². The van der Waals surface area contributed by atoms with Crippen LogP contribution in [-0.4, -0.2) is 86.4 Å². The zero-order valence-electron chi connectivity index (χ0n) is 19.4. The topological polar surface area (TPSA) is 72.4 Å². The summed E-state index contributed by atoms with van der Waals surface area (Å²) in [4.78, 5) is 9.64. The predicted molar refractivity (Wildman–Crippen MR) is 124 cm³/mol. The SMILES string of the molecule is CCNC(=NCC(C)CN1CCN(C)CC1)NCC(O)c1cccc(OC(C)C)c1. The molecule has 1 aromatic carbocycles. The molecule has 1 aliphatic heterocycles. The molecule has 0 aromatic heterocycles. The zero-order chi connectivity index (χ0) is 21.9. The highest BCUT2D eigenvalue weighted by molar-refractivity contribution is 5.79. The van der Waals surface area contributed by atoms with E-state index in [-0.39, 0.29) is 6.10 Å². The molecule has 7 nitrogen and oxygen atoms in total. The van der Waals surface area contributed by atoms with Gasteiger partial charge in [0.25, 0.3) is 0 Å². The highest BCUT2D eigenvalue weighted by atomic mass is 16.5. The van der Waals surface area contributed by atoms with Crippen molar-refractivity contribution in [3.8, 4) is 5.75 Å². The van der Waals surface area contributed by atoms with E-state index in [4.69, 9.17) is 9.73 Å². The number of hydrogen-bond donors (Lipinski definition) is 3. The van der Waals surface area contributed by atoms with Crippen molar-refractivity contribution >= 4 is 5.96 Å². The molecule has 1 saturated heterocycles. The van der Waals surface area contributed by atoms with Gasteiger partial charge in [0.1, 0.15) is 5.75 Å². The Morgan fingerprint density at radius 2 is 1.90 bits per heavy atom. The Morgan fingerprint density at radius 1 is 1.17 bits per heavy atom. The van der Waals surface area contributed by atoms with Crippen LogP contribution in [0.15, 0.2) is 29.3 Å². The van der Waals surface area contributed by atoms with E-state index in [2.05, 4.69) is 34.4 Å². The Labute approximate surface area is 182 Å². The first-order valence-corrected chi connectivity index (χ1v) is 11.2. The molecule has 0 aliphatic carbocycles. The van der Waals surface area contributed by atoms with Crippen molar-refractivity contribution in [3.63, 3.8) is 0 Å². The number of aliphatic imine (C=N–C) groups is 1. The van der Waals surface area contributed by atoms with E-state index in [9.17, 15) is 5.11 Å². The van der Waals surface area contributed by atoms with Crippen LogP contribution in [0.4, 0.5) is 0 Å². The van der Waals surface area contributed by atoms with Crippen LogP contribution in [0, 0.1) is 5.92 Å². The summed E-state index contributed by atoms with van der Waals surface area (Å²) in [7, 11) is 2.18. The van der Waals surface area contributed by atoms with Crippen LogP contribution in [0.5, 0.6) is 5.75 Å². The quantitative estimate of drug-likeness (QED) is 0.398. The second kappa shape index (κ2) is 12.8. The van der Waals surface area contributed by atoms with Gasteiger partial charge in [0.05, 0.1) is 12.2 Å². The van der Waals surface area contributed by atoms with Crippen molar-refractivity contribution in [1.82, 2.24) is 20.4 Å². The summed E-state index contributed by atoms with van der Waals surface area (Å²) in [5, 5.41) is 17.1. The maximum Gasteiger partial charge on any atom is 0.191 e. The minimum Gasteiger partial charge on any atom is -0.491 e. The average molecular weight is 420 g/mol. The van der Waals surface area contributed by atoms with E-state index in [1.54, 1.807) is 0 Å². The highest BCUT2D eigenvalue weighted by Crippen LogP contribution is 2.20. The zero-order valence-corrected chi connectivity index (χ0v) is 19.4. The molecule has 1 aromatic rings. The summed E-state index contributed by atoms with van der Waals surface area (Å²) in [5.41, 5.74) is 0.833. The van der Waals surface area contributed by atoms with Crippen LogP contribution in [0.2, 0.25) is 0 Å². The molecular formula is C23H41N5O2. The third-order valence-electron chi connectivity index (χ3n) is 5.15. The van der Waals surface area contributed by atoms with Crippen molar-refractivity contribution in [2.75, 3.05) is 59.4 Å². The van der Waals surface area contributed by atoms with E-state index in [0.29, 0.717) is 12.5 Å². The third kappa shape index (κ3) is 8.90. The minimum absolute atomic E-state index is 0.107. The van der Waals surface area contributed by atoms with E-state index in [1.807, 2.05) is 45.0 Å². The summed E-state index contributed by atoms with van der Waals surface area (Å²) in [5.74, 6) is 2.01. The molecule has 30 heavy (non-hydrogen) atoms. The monoisotopic (exact) mass is 419 g/mol. The molecular weight excluding hydrogens is 378 g/mol. The first-order chi connectivity index (χ1) is 14.4. The Balaban J connectivity index is 1.83. The lowest BCUT2D eigenvalue weighted by Crippen LogP contribution is -2.46. The number of likely N-dealkylation sites (N-methyl/N-ethyl adjacent to an activating group) is 1. The fourth-order valence-electron chi connectivity index (χ4n) is 3.50. The maximum atomic E-state index is 10.6. The Bertz CT molecular complexity index is 644. The van der Waals surface area contributed by atoms with Crippen molar-refractivity contribution in [2.45, 2.75) is 39.9 Å². The molecule has 0 spiro atoms. The van der Waals surface area contributed by atoms with Gasteiger partial charge < -0.3 is 30.3 Å². The number of aliphatic hydroxyl groups excluding tert-OH is 1. The van der Waals surface area contributed by atoms with Gasteiger partial charge in [-0.1, -0.05) is 19.1 Å². The lowest BCUT2D eigenvalue weighted by molar-refractivity contribution is 0.140. The number of aliphatic hydroxyl groups is 1. The molecule has 1 heterocycles. The summed E-state index contributed by atoms with van der Waals surface area (Å²) in [6.45, 7) is 15.8. The normalized spacial score (nSPS) is 18.3. The number of rotatable bonds is 10. The third-order valence-corrected chi connectivity index (χ3v) is 5.15. The molecule has 2 rings (SSSR count). The molecule has 7 heteroatoms. The fraction of sp³-hybridized carbons (Fsp3) is 0.696. The van der Waals surface area contributed by atoms with Crippen LogP contribution in [0.1, 0.15) is 39.4 Å². The van der Waals surface area contributed by atoms with Crippen LogP contribution in [0.25, 0.3) is 0 Å². The van der Waals surface area contributed by atoms with E-state index in [0.717, 1.165) is 63.1 Å². The number of guanidine groups is 1. The van der Waals surface area contributed by atoms with Crippen LogP contribution < -0.4 is 15.4 Å². The smallest absolute Gasteiger partial charge is 0.191 e. The number of nitrogens with zero attached hydrogens (tertiary/aromatic N) is 3. The predicted octanol–water partition coefficient (Wildman–Crippen LogP) is 1.95. The van der Waals surface area contributed by atoms with Gasteiger partial charge in [0, 0.05) is 52.4 Å². The maximum absolute atomic E-state index is 10.6. The standard InChI is InChI=1S/C23H41N5O2/c1-6-24-23(25-15-19(4)17-28-12-10-27(5)11-13-28)26-16-22(29)20-8-7-9-21(14-20)30-18(2)3/h7-9,14,18-19,22,29H,6,10-13,15-17H2,1-5H3,(H2,24,25,26). The molecule has 0 radical (unpaired) electrons. The van der Waals surface area contributed by atoms with Crippen molar-refractivity contribution in [2.24, 2.45) is 10.9 Å². The van der Waals surface area contributed by atoms with Gasteiger partial charge in [-0.25, -0.2) is 0 Å². The Kier molecular flexibility index (Phi) is 10.4. The van der Waals surface area contributed by atoms with E-state index < -0.39 is 6.10 Å². The molecule has 1 aliphatic rings. The number of hydrogen-bond acceptors (Lipinski definition) is 5. The lowest BCUT2D eigenvalue weighted by atomic mass is 10.1. The number of piperazine rings is 1. The number of nitrogens with one attached hydrogen (secondary N) is 2. The van der Waals surface area contributed by atoms with E-state index in [1.165, 1.54) is 0 Å². The second-order valence-corrected chi connectivity index (χ2v) is 8.56. The van der Waals surface area contributed by atoms with Crippen molar-refractivity contribution in [1.29, 1.82) is 0 Å². The summed E-state index contributed by atoms with van der Waals surface area (Å²) in [6, 6.07) is 7.64. The molecule has 2 atom stereocenters. The molecule has 170 valence electrons. The van der Waals surface area contributed by atoms with Gasteiger partial charge in [-0.15, -0.1) is 0 Å². The molecule has 3 N–H and O–H groups in total. The minimum atomic E-state index is -0.632. The first-order valence-electron chi connectivity index (χ1n) is 11.2.